The minimum absolute atomic E-state index is 0.133. The Morgan fingerprint density at radius 1 is 1.02 bits per heavy atom. The van der Waals surface area contributed by atoms with Gasteiger partial charge in [-0.1, -0.05) is 31.2 Å². The van der Waals surface area contributed by atoms with E-state index in [4.69, 9.17) is 14.8 Å². The number of hydrogen-bond donors (Lipinski definition) is 2. The molecule has 2 aromatic carbocycles. The van der Waals surface area contributed by atoms with Crippen LogP contribution in [0, 0.1) is 0 Å². The van der Waals surface area contributed by atoms with Crippen molar-refractivity contribution in [3.05, 3.63) is 77.9 Å². The van der Waals surface area contributed by atoms with Gasteiger partial charge >= 0.3 is 0 Å². The van der Waals surface area contributed by atoms with Gasteiger partial charge < -0.3 is 15.4 Å². The fourth-order valence-electron chi connectivity index (χ4n) is 5.24. The van der Waals surface area contributed by atoms with Crippen LogP contribution < -0.4 is 15.4 Å². The van der Waals surface area contributed by atoms with E-state index in [9.17, 15) is 4.79 Å². The lowest BCUT2D eigenvalue weighted by Crippen LogP contribution is -2.23. The van der Waals surface area contributed by atoms with Crippen molar-refractivity contribution in [2.45, 2.75) is 26.2 Å². The molecule has 1 aliphatic rings. The Balaban J connectivity index is 1.33. The number of nitrogens with one attached hydrogen (secondary N) is 2. The highest BCUT2D eigenvalue weighted by molar-refractivity contribution is 5.95. The van der Waals surface area contributed by atoms with Crippen LogP contribution in [-0.2, 0) is 26.9 Å². The van der Waals surface area contributed by atoms with Gasteiger partial charge in [-0.05, 0) is 48.6 Å². The highest BCUT2D eigenvalue weighted by atomic mass is 16.5. The van der Waals surface area contributed by atoms with Crippen LogP contribution >= 0.6 is 0 Å². The van der Waals surface area contributed by atoms with E-state index in [2.05, 4.69) is 45.0 Å². The second-order valence-electron chi connectivity index (χ2n) is 10.1. The van der Waals surface area contributed by atoms with Crippen molar-refractivity contribution in [3.8, 4) is 39.4 Å². The summed E-state index contributed by atoms with van der Waals surface area (Å²) in [7, 11) is 5.47. The Morgan fingerprint density at radius 3 is 2.56 bits per heavy atom. The minimum Gasteiger partial charge on any atom is -0.495 e. The van der Waals surface area contributed by atoms with Gasteiger partial charge in [0.15, 0.2) is 0 Å². The molecule has 10 heteroatoms. The van der Waals surface area contributed by atoms with Crippen molar-refractivity contribution < 1.29 is 9.53 Å². The second kappa shape index (κ2) is 10.9. The average molecular weight is 549 g/mol. The fourth-order valence-corrected chi connectivity index (χ4v) is 5.24. The predicted molar refractivity (Wildman–Crippen MR) is 158 cm³/mol. The number of nitrogens with zero attached hydrogens (tertiary/aromatic N) is 6. The van der Waals surface area contributed by atoms with E-state index < -0.39 is 0 Å². The third kappa shape index (κ3) is 5.04. The van der Waals surface area contributed by atoms with E-state index in [-0.39, 0.29) is 5.91 Å². The summed E-state index contributed by atoms with van der Waals surface area (Å²) in [6.45, 7) is 2.64. The number of methoxy groups -OCH3 is 1. The SMILES string of the molecule is CCCNC(=O)c1ccc(Nc2ncc3c(n2)-c2c(nn(C)c2-c2ccc(-c4cnn(C)c4)cc2)CC3)c(OC)c1. The molecule has 41 heavy (non-hydrogen) atoms. The standard InChI is InChI=1S/C31H32N8O2/c1-5-14-32-30(40)21-10-12-24(26(15-21)41-4)35-31-33-16-22-11-13-25-27(28(22)36-31)29(39(3)37-25)20-8-6-19(7-9-20)23-17-34-38(2)18-23/h6-10,12,15-18H,5,11,13-14H2,1-4H3,(H,32,40)(H,33,35,36). The van der Waals surface area contributed by atoms with Gasteiger partial charge in [0.2, 0.25) is 5.95 Å². The quantitative estimate of drug-likeness (QED) is 0.283. The Hall–Kier alpha value is -4.99. The van der Waals surface area contributed by atoms with Gasteiger partial charge in [0.1, 0.15) is 5.75 Å². The van der Waals surface area contributed by atoms with Crippen LogP contribution in [0.1, 0.15) is 35.0 Å². The minimum atomic E-state index is -0.133. The first kappa shape index (κ1) is 26.2. The molecule has 1 aliphatic carbocycles. The molecule has 0 aliphatic heterocycles. The van der Waals surface area contributed by atoms with Crippen molar-refractivity contribution in [2.75, 3.05) is 19.0 Å². The highest BCUT2D eigenvalue weighted by Crippen LogP contribution is 2.40. The summed E-state index contributed by atoms with van der Waals surface area (Å²) < 4.78 is 9.33. The number of aryl methyl sites for hydroxylation is 4. The maximum Gasteiger partial charge on any atom is 0.251 e. The molecule has 0 unspecified atom stereocenters. The van der Waals surface area contributed by atoms with Gasteiger partial charge in [0.25, 0.3) is 5.91 Å². The molecule has 3 aromatic heterocycles. The maximum absolute atomic E-state index is 12.4. The van der Waals surface area contributed by atoms with Gasteiger partial charge in [-0.3, -0.25) is 14.2 Å². The molecule has 10 nitrogen and oxygen atoms in total. The molecule has 1 amide bonds. The number of rotatable bonds is 8. The number of benzene rings is 2. The van der Waals surface area contributed by atoms with Crippen LogP contribution in [0.4, 0.5) is 11.6 Å². The number of aromatic nitrogens is 6. The molecule has 2 N–H and O–H groups in total. The number of amides is 1. The third-order valence-electron chi connectivity index (χ3n) is 7.29. The lowest BCUT2D eigenvalue weighted by atomic mass is 9.91. The normalized spacial score (nSPS) is 12.0. The highest BCUT2D eigenvalue weighted by Gasteiger charge is 2.27. The molecular formula is C31H32N8O2. The van der Waals surface area contributed by atoms with E-state index in [1.165, 1.54) is 0 Å². The largest absolute Gasteiger partial charge is 0.495 e. The summed E-state index contributed by atoms with van der Waals surface area (Å²) in [5.41, 5.74) is 9.48. The first-order valence-corrected chi connectivity index (χ1v) is 13.7. The lowest BCUT2D eigenvalue weighted by Gasteiger charge is -2.18. The molecule has 0 saturated heterocycles. The first-order chi connectivity index (χ1) is 19.9. The fraction of sp³-hybridized carbons (Fsp3) is 0.258. The molecule has 0 spiro atoms. The summed E-state index contributed by atoms with van der Waals surface area (Å²) in [6.07, 6.45) is 8.28. The smallest absolute Gasteiger partial charge is 0.251 e. The van der Waals surface area contributed by atoms with E-state index in [1.807, 2.05) is 50.4 Å². The molecule has 208 valence electrons. The summed E-state index contributed by atoms with van der Waals surface area (Å²) in [5, 5.41) is 15.3. The molecule has 0 radical (unpaired) electrons. The number of fused-ring (bicyclic) bond motifs is 3. The predicted octanol–water partition coefficient (Wildman–Crippen LogP) is 4.94. The summed E-state index contributed by atoms with van der Waals surface area (Å²) in [6, 6.07) is 13.8. The molecule has 0 saturated carbocycles. The van der Waals surface area contributed by atoms with Crippen molar-refractivity contribution in [1.29, 1.82) is 0 Å². The van der Waals surface area contributed by atoms with Crippen LogP contribution in [0.3, 0.4) is 0 Å². The van der Waals surface area contributed by atoms with E-state index in [0.29, 0.717) is 29.5 Å². The molecule has 0 bridgehead atoms. The topological polar surface area (TPSA) is 112 Å². The van der Waals surface area contributed by atoms with Gasteiger partial charge in [-0.25, -0.2) is 9.97 Å². The average Bonchev–Trinajstić information content (AvgIpc) is 3.58. The summed E-state index contributed by atoms with van der Waals surface area (Å²) in [5.74, 6) is 0.846. The van der Waals surface area contributed by atoms with Crippen LogP contribution in [0.25, 0.3) is 33.6 Å². The number of carbonyl (C=O) groups is 1. The number of anilines is 2. The maximum atomic E-state index is 12.4. The Kier molecular flexibility index (Phi) is 6.96. The number of ether oxygens (including phenoxy) is 1. The summed E-state index contributed by atoms with van der Waals surface area (Å²) >= 11 is 0. The van der Waals surface area contributed by atoms with Crippen molar-refractivity contribution >= 4 is 17.5 Å². The molecule has 0 fully saturated rings. The second-order valence-corrected chi connectivity index (χ2v) is 10.1. The van der Waals surface area contributed by atoms with Crippen molar-refractivity contribution in [3.63, 3.8) is 0 Å². The Morgan fingerprint density at radius 2 is 1.83 bits per heavy atom. The zero-order valence-electron chi connectivity index (χ0n) is 23.6. The van der Waals surface area contributed by atoms with Crippen LogP contribution in [-0.4, -0.2) is 49.1 Å². The van der Waals surface area contributed by atoms with Gasteiger partial charge in [-0.15, -0.1) is 0 Å². The molecule has 6 rings (SSSR count). The van der Waals surface area contributed by atoms with Crippen LogP contribution in [0.15, 0.2) is 61.1 Å². The van der Waals surface area contributed by atoms with Crippen LogP contribution in [0.2, 0.25) is 0 Å². The molecule has 5 aromatic rings. The van der Waals surface area contributed by atoms with Gasteiger partial charge in [-0.2, -0.15) is 10.2 Å². The number of hydrogen-bond acceptors (Lipinski definition) is 7. The van der Waals surface area contributed by atoms with E-state index in [0.717, 1.165) is 64.2 Å². The molecular weight excluding hydrogens is 516 g/mol. The monoisotopic (exact) mass is 548 g/mol. The Bertz CT molecular complexity index is 1740. The molecule has 0 atom stereocenters. The van der Waals surface area contributed by atoms with E-state index in [1.54, 1.807) is 23.9 Å². The zero-order chi connectivity index (χ0) is 28.5. The number of carbonyl (C=O) groups excluding carboxylic acids is 1. The van der Waals surface area contributed by atoms with Crippen molar-refractivity contribution in [2.24, 2.45) is 14.1 Å². The Labute approximate surface area is 238 Å². The lowest BCUT2D eigenvalue weighted by molar-refractivity contribution is 0.0953. The third-order valence-corrected chi connectivity index (χ3v) is 7.29. The first-order valence-electron chi connectivity index (χ1n) is 13.7. The van der Waals surface area contributed by atoms with Gasteiger partial charge in [0, 0.05) is 55.3 Å². The van der Waals surface area contributed by atoms with Gasteiger partial charge in [0.05, 0.1) is 36.1 Å². The zero-order valence-corrected chi connectivity index (χ0v) is 23.6. The van der Waals surface area contributed by atoms with E-state index >= 15 is 0 Å². The van der Waals surface area contributed by atoms with Crippen LogP contribution in [0.5, 0.6) is 5.75 Å². The van der Waals surface area contributed by atoms with Crippen molar-refractivity contribution in [1.82, 2.24) is 34.8 Å². The summed E-state index contributed by atoms with van der Waals surface area (Å²) in [4.78, 5) is 22.0. The molecule has 3 heterocycles.